The first-order valence-corrected chi connectivity index (χ1v) is 7.36. The van der Waals surface area contributed by atoms with Crippen molar-refractivity contribution >= 4 is 0 Å². The van der Waals surface area contributed by atoms with Crippen molar-refractivity contribution < 1.29 is 10.2 Å². The largest absolute Gasteiger partial charge is 0.390 e. The average molecular weight is 238 g/mol. The SMILES string of the molecule is CC(C)CCC1(O)C2CC3CC1CC(O)(C3)C2. The summed E-state index contributed by atoms with van der Waals surface area (Å²) in [4.78, 5) is 0. The molecule has 0 aromatic rings. The smallest absolute Gasteiger partial charge is 0.0706 e. The third-order valence-electron chi connectivity index (χ3n) is 5.69. The Hall–Kier alpha value is -0.0800. The summed E-state index contributed by atoms with van der Waals surface area (Å²) in [5.41, 5.74) is -0.867. The summed E-state index contributed by atoms with van der Waals surface area (Å²) >= 11 is 0. The van der Waals surface area contributed by atoms with E-state index in [1.54, 1.807) is 0 Å². The Bertz CT molecular complexity index is 294. The second kappa shape index (κ2) is 3.71. The molecule has 0 saturated heterocycles. The van der Waals surface area contributed by atoms with Gasteiger partial charge in [-0.3, -0.25) is 0 Å². The molecule has 4 aliphatic rings. The van der Waals surface area contributed by atoms with Crippen LogP contribution in [0.25, 0.3) is 0 Å². The zero-order valence-electron chi connectivity index (χ0n) is 11.2. The summed E-state index contributed by atoms with van der Waals surface area (Å²) in [6, 6.07) is 0. The molecule has 98 valence electrons. The molecular formula is C15H26O2. The molecule has 0 heterocycles. The van der Waals surface area contributed by atoms with E-state index < -0.39 is 11.2 Å². The van der Waals surface area contributed by atoms with Crippen LogP contribution < -0.4 is 0 Å². The van der Waals surface area contributed by atoms with Crippen LogP contribution in [0.3, 0.4) is 0 Å². The van der Waals surface area contributed by atoms with Crippen molar-refractivity contribution in [2.75, 3.05) is 0 Å². The second-order valence-corrected chi connectivity index (χ2v) is 7.49. The van der Waals surface area contributed by atoms with Crippen molar-refractivity contribution in [3.63, 3.8) is 0 Å². The van der Waals surface area contributed by atoms with Crippen molar-refractivity contribution in [2.24, 2.45) is 23.7 Å². The molecule has 0 aliphatic heterocycles. The van der Waals surface area contributed by atoms with Crippen LogP contribution in [0, 0.1) is 23.7 Å². The van der Waals surface area contributed by atoms with Crippen LogP contribution in [0.5, 0.6) is 0 Å². The van der Waals surface area contributed by atoms with Crippen molar-refractivity contribution in [1.29, 1.82) is 0 Å². The van der Waals surface area contributed by atoms with E-state index in [0.717, 1.165) is 44.9 Å². The van der Waals surface area contributed by atoms with E-state index >= 15 is 0 Å². The molecule has 0 radical (unpaired) electrons. The highest BCUT2D eigenvalue weighted by Crippen LogP contribution is 2.61. The van der Waals surface area contributed by atoms with E-state index in [0.29, 0.717) is 23.7 Å². The number of hydrogen-bond acceptors (Lipinski definition) is 2. The zero-order chi connectivity index (χ0) is 12.3. The fourth-order valence-electron chi connectivity index (χ4n) is 4.96. The van der Waals surface area contributed by atoms with Gasteiger partial charge >= 0.3 is 0 Å². The van der Waals surface area contributed by atoms with Crippen LogP contribution in [0.2, 0.25) is 0 Å². The summed E-state index contributed by atoms with van der Waals surface area (Å²) < 4.78 is 0. The van der Waals surface area contributed by atoms with Crippen LogP contribution in [0.4, 0.5) is 0 Å². The molecule has 0 aromatic heterocycles. The van der Waals surface area contributed by atoms with Gasteiger partial charge in [-0.05, 0) is 68.6 Å². The Morgan fingerprint density at radius 1 is 1.06 bits per heavy atom. The molecular weight excluding hydrogens is 212 g/mol. The molecule has 2 atom stereocenters. The Labute approximate surface area is 104 Å². The zero-order valence-corrected chi connectivity index (χ0v) is 11.2. The Morgan fingerprint density at radius 2 is 1.65 bits per heavy atom. The van der Waals surface area contributed by atoms with Crippen LogP contribution in [0.1, 0.15) is 58.8 Å². The van der Waals surface area contributed by atoms with E-state index in [1.165, 1.54) is 0 Å². The van der Waals surface area contributed by atoms with E-state index in [-0.39, 0.29) is 0 Å². The third-order valence-corrected chi connectivity index (χ3v) is 5.69. The van der Waals surface area contributed by atoms with Gasteiger partial charge < -0.3 is 10.2 Å². The van der Waals surface area contributed by atoms with Gasteiger partial charge in [0.1, 0.15) is 0 Å². The fourth-order valence-corrected chi connectivity index (χ4v) is 4.96. The fraction of sp³-hybridized carbons (Fsp3) is 1.00. The first-order valence-electron chi connectivity index (χ1n) is 7.36. The molecule has 2 heteroatoms. The number of hydrogen-bond donors (Lipinski definition) is 2. The van der Waals surface area contributed by atoms with Crippen LogP contribution >= 0.6 is 0 Å². The molecule has 2 nitrogen and oxygen atoms in total. The summed E-state index contributed by atoms with van der Waals surface area (Å²) in [5, 5.41) is 21.5. The topological polar surface area (TPSA) is 40.5 Å². The number of rotatable bonds is 3. The lowest BCUT2D eigenvalue weighted by Crippen LogP contribution is -2.63. The molecule has 4 bridgehead atoms. The second-order valence-electron chi connectivity index (χ2n) is 7.49. The van der Waals surface area contributed by atoms with Crippen molar-refractivity contribution in [2.45, 2.75) is 70.0 Å². The predicted molar refractivity (Wildman–Crippen MR) is 67.5 cm³/mol. The van der Waals surface area contributed by atoms with Gasteiger partial charge in [0.25, 0.3) is 0 Å². The molecule has 4 rings (SSSR count). The predicted octanol–water partition coefficient (Wildman–Crippen LogP) is 2.72. The molecule has 0 amide bonds. The quantitative estimate of drug-likeness (QED) is 0.793. The minimum absolute atomic E-state index is 0.373. The Morgan fingerprint density at radius 3 is 2.12 bits per heavy atom. The van der Waals surface area contributed by atoms with Gasteiger partial charge in [-0.1, -0.05) is 13.8 Å². The van der Waals surface area contributed by atoms with Gasteiger partial charge in [0.05, 0.1) is 11.2 Å². The maximum Gasteiger partial charge on any atom is 0.0706 e. The standard InChI is InChI=1S/C15H26O2/c1-10(2)3-4-15(17)12-5-11-6-13(15)9-14(16,7-11)8-12/h10-13,16-17H,3-9H2,1-2H3. The maximum absolute atomic E-state index is 11.0. The summed E-state index contributed by atoms with van der Waals surface area (Å²) in [5.74, 6) is 2.10. The summed E-state index contributed by atoms with van der Waals surface area (Å²) in [7, 11) is 0. The molecule has 2 N–H and O–H groups in total. The first kappa shape index (κ1) is 12.0. The summed E-state index contributed by atoms with van der Waals surface area (Å²) in [6.07, 6.45) is 7.10. The van der Waals surface area contributed by atoms with Crippen molar-refractivity contribution in [3.8, 4) is 0 Å². The minimum Gasteiger partial charge on any atom is -0.390 e. The average Bonchev–Trinajstić information content (AvgIpc) is 2.21. The van der Waals surface area contributed by atoms with Crippen LogP contribution in [0.15, 0.2) is 0 Å². The lowest BCUT2D eigenvalue weighted by Gasteiger charge is -2.62. The Kier molecular flexibility index (Phi) is 2.61. The van der Waals surface area contributed by atoms with E-state index in [9.17, 15) is 10.2 Å². The normalized spacial score (nSPS) is 52.4. The molecule has 0 spiro atoms. The van der Waals surface area contributed by atoms with E-state index in [2.05, 4.69) is 13.8 Å². The van der Waals surface area contributed by atoms with Gasteiger partial charge in [-0.25, -0.2) is 0 Å². The first-order chi connectivity index (χ1) is 7.91. The van der Waals surface area contributed by atoms with Gasteiger partial charge in [-0.2, -0.15) is 0 Å². The molecule has 4 aliphatic carbocycles. The number of aliphatic hydroxyl groups is 2. The van der Waals surface area contributed by atoms with Crippen molar-refractivity contribution in [3.05, 3.63) is 0 Å². The van der Waals surface area contributed by atoms with Gasteiger partial charge in [0, 0.05) is 0 Å². The van der Waals surface area contributed by atoms with Gasteiger partial charge in [0.15, 0.2) is 0 Å². The highest BCUT2D eigenvalue weighted by atomic mass is 16.3. The third kappa shape index (κ3) is 1.84. The Balaban J connectivity index is 1.79. The van der Waals surface area contributed by atoms with E-state index in [1.807, 2.05) is 0 Å². The van der Waals surface area contributed by atoms with Crippen LogP contribution in [-0.4, -0.2) is 21.4 Å². The van der Waals surface area contributed by atoms with Crippen LogP contribution in [-0.2, 0) is 0 Å². The maximum atomic E-state index is 11.0. The lowest BCUT2D eigenvalue weighted by atomic mass is 9.47. The summed E-state index contributed by atoms with van der Waals surface area (Å²) in [6.45, 7) is 4.46. The molecule has 0 aromatic carbocycles. The molecule has 17 heavy (non-hydrogen) atoms. The van der Waals surface area contributed by atoms with Gasteiger partial charge in [-0.15, -0.1) is 0 Å². The highest BCUT2D eigenvalue weighted by Gasteiger charge is 2.60. The lowest BCUT2D eigenvalue weighted by molar-refractivity contribution is -0.229. The molecule has 2 unspecified atom stereocenters. The van der Waals surface area contributed by atoms with Gasteiger partial charge in [0.2, 0.25) is 0 Å². The van der Waals surface area contributed by atoms with Crippen molar-refractivity contribution in [1.82, 2.24) is 0 Å². The minimum atomic E-state index is -0.451. The highest BCUT2D eigenvalue weighted by molar-refractivity contribution is 5.12. The molecule has 4 fully saturated rings. The molecule has 4 saturated carbocycles. The van der Waals surface area contributed by atoms with E-state index in [4.69, 9.17) is 0 Å². The monoisotopic (exact) mass is 238 g/mol.